The zero-order valence-corrected chi connectivity index (χ0v) is 21.5. The Morgan fingerprint density at radius 2 is 1.75 bits per heavy atom. The molecule has 1 aliphatic heterocycles. The van der Waals surface area contributed by atoms with Gasteiger partial charge in [0.25, 0.3) is 15.7 Å². The van der Waals surface area contributed by atoms with E-state index in [1.165, 1.54) is 0 Å². The number of rotatable bonds is 10. The molecule has 0 N–H and O–H groups in total. The van der Waals surface area contributed by atoms with Crippen LogP contribution in [-0.2, 0) is 19.0 Å². The highest BCUT2D eigenvalue weighted by Gasteiger charge is 2.19. The number of hydrogen-bond donors (Lipinski definition) is 0. The third-order valence-electron chi connectivity index (χ3n) is 6.13. The van der Waals surface area contributed by atoms with Crippen molar-refractivity contribution in [3.8, 4) is 11.5 Å². The van der Waals surface area contributed by atoms with Gasteiger partial charge in [0, 0.05) is 55.4 Å². The molecule has 3 aromatic rings. The zero-order chi connectivity index (χ0) is 25.7. The van der Waals surface area contributed by atoms with Gasteiger partial charge in [0.15, 0.2) is 0 Å². The fourth-order valence-electron chi connectivity index (χ4n) is 4.30. The number of aromatic nitrogens is 2. The molecule has 0 radical (unpaired) electrons. The fourth-order valence-corrected chi connectivity index (χ4v) is 4.72. The largest absolute Gasteiger partial charge is 0.497 e. The topological polar surface area (TPSA) is 109 Å². The maximum Gasteiger partial charge on any atom is 0.264 e. The summed E-state index contributed by atoms with van der Waals surface area (Å²) in [6, 6.07) is 11.1. The van der Waals surface area contributed by atoms with E-state index in [4.69, 9.17) is 18.4 Å². The Balaban J connectivity index is 1.74. The average molecular weight is 518 g/mol. The lowest BCUT2D eigenvalue weighted by molar-refractivity contribution is 0.0685. The van der Waals surface area contributed by atoms with Crippen LogP contribution in [0.1, 0.15) is 25.3 Å². The number of ether oxygens (including phenoxy) is 3. The van der Waals surface area contributed by atoms with E-state index >= 15 is 0 Å². The van der Waals surface area contributed by atoms with Crippen molar-refractivity contribution in [2.45, 2.75) is 25.3 Å². The van der Waals surface area contributed by atoms with Crippen molar-refractivity contribution in [1.82, 2.24) is 9.55 Å². The molecule has 0 atom stereocenters. The number of hydrogen-bond acceptors (Lipinski definition) is 9. The molecule has 194 valence electrons. The predicted molar refractivity (Wildman–Crippen MR) is 137 cm³/mol. The summed E-state index contributed by atoms with van der Waals surface area (Å²) in [6.07, 6.45) is 4.60. The van der Waals surface area contributed by atoms with Crippen molar-refractivity contribution in [3.63, 3.8) is 0 Å². The molecule has 2 aromatic carbocycles. The van der Waals surface area contributed by atoms with Crippen LogP contribution in [0.3, 0.4) is 0 Å². The summed E-state index contributed by atoms with van der Waals surface area (Å²) in [5, 5.41) is 0.508. The highest BCUT2D eigenvalue weighted by molar-refractivity contribution is 7.85. The lowest BCUT2D eigenvalue weighted by Crippen LogP contribution is -2.29. The minimum atomic E-state index is -3.54. The van der Waals surface area contributed by atoms with Crippen LogP contribution >= 0.6 is 0 Å². The van der Waals surface area contributed by atoms with Gasteiger partial charge in [-0.15, -0.1) is 0 Å². The molecule has 1 aromatic heterocycles. The number of nitrogens with zero attached hydrogens (tertiary/aromatic N) is 3. The lowest BCUT2D eigenvalue weighted by Gasteiger charge is -2.27. The van der Waals surface area contributed by atoms with Gasteiger partial charge in [-0.1, -0.05) is 0 Å². The maximum atomic E-state index is 13.4. The van der Waals surface area contributed by atoms with Crippen LogP contribution < -0.4 is 19.9 Å². The van der Waals surface area contributed by atoms with E-state index in [9.17, 15) is 13.2 Å². The smallest absolute Gasteiger partial charge is 0.264 e. The van der Waals surface area contributed by atoms with E-state index in [-0.39, 0.29) is 18.2 Å². The minimum absolute atomic E-state index is 0.0299. The molecule has 0 amide bonds. The molecular formula is C25H31N3O7S. The number of anilines is 2. The molecular weight excluding hydrogens is 486 g/mol. The number of fused-ring (bicyclic) bond motifs is 1. The molecule has 4 rings (SSSR count). The van der Waals surface area contributed by atoms with E-state index in [0.29, 0.717) is 48.6 Å². The quantitative estimate of drug-likeness (QED) is 0.296. The van der Waals surface area contributed by atoms with Crippen LogP contribution in [-0.4, -0.2) is 64.8 Å². The highest BCUT2D eigenvalue weighted by atomic mass is 32.2. The van der Waals surface area contributed by atoms with Crippen LogP contribution in [0.4, 0.5) is 11.4 Å². The van der Waals surface area contributed by atoms with E-state index < -0.39 is 10.1 Å². The lowest BCUT2D eigenvalue weighted by atomic mass is 10.1. The first-order valence-electron chi connectivity index (χ1n) is 11.7. The number of benzene rings is 2. The summed E-state index contributed by atoms with van der Waals surface area (Å²) in [6.45, 7) is 1.69. The van der Waals surface area contributed by atoms with Crippen LogP contribution in [0.2, 0.25) is 0 Å². The molecule has 1 aliphatic rings. The Labute approximate surface area is 210 Å². The summed E-state index contributed by atoms with van der Waals surface area (Å²) < 4.78 is 45.8. The first-order chi connectivity index (χ1) is 17.3. The Morgan fingerprint density at radius 1 is 1.06 bits per heavy atom. The molecule has 1 fully saturated rings. The fraction of sp³-hybridized carbons (Fsp3) is 0.440. The first kappa shape index (κ1) is 25.9. The van der Waals surface area contributed by atoms with Gasteiger partial charge in [-0.3, -0.25) is 13.5 Å². The molecule has 10 nitrogen and oxygen atoms in total. The monoisotopic (exact) mass is 517 g/mol. The Morgan fingerprint density at radius 3 is 2.39 bits per heavy atom. The van der Waals surface area contributed by atoms with Crippen molar-refractivity contribution in [3.05, 3.63) is 53.1 Å². The van der Waals surface area contributed by atoms with Crippen molar-refractivity contribution in [2.75, 3.05) is 51.7 Å². The van der Waals surface area contributed by atoms with Gasteiger partial charge in [0.1, 0.15) is 11.5 Å². The van der Waals surface area contributed by atoms with Crippen LogP contribution in [0.15, 0.2) is 47.5 Å². The van der Waals surface area contributed by atoms with Gasteiger partial charge in [0.2, 0.25) is 0 Å². The van der Waals surface area contributed by atoms with E-state index in [0.717, 1.165) is 30.5 Å². The minimum Gasteiger partial charge on any atom is -0.497 e. The van der Waals surface area contributed by atoms with E-state index in [1.54, 1.807) is 31.2 Å². The molecule has 11 heteroatoms. The van der Waals surface area contributed by atoms with Crippen LogP contribution in [0.5, 0.6) is 11.5 Å². The first-order valence-corrected chi connectivity index (χ1v) is 13.5. The average Bonchev–Trinajstić information content (AvgIpc) is 2.88. The Hall–Kier alpha value is -3.15. The molecule has 0 spiro atoms. The van der Waals surface area contributed by atoms with Crippen molar-refractivity contribution >= 4 is 32.4 Å². The van der Waals surface area contributed by atoms with Gasteiger partial charge in [-0.2, -0.15) is 8.42 Å². The van der Waals surface area contributed by atoms with Gasteiger partial charge in [-0.25, -0.2) is 4.98 Å². The third-order valence-corrected chi connectivity index (χ3v) is 6.73. The van der Waals surface area contributed by atoms with Gasteiger partial charge >= 0.3 is 0 Å². The SMILES string of the molecule is COc1cc(OC)cc(N(CCCOS(C)(=O)=O)c2ccc3ncn(C4CCOCC4)c(=O)c3c2)c1. The normalized spacial score (nSPS) is 14.6. The van der Waals surface area contributed by atoms with Gasteiger partial charge in [-0.05, 0) is 37.5 Å². The molecule has 0 unspecified atom stereocenters. The highest BCUT2D eigenvalue weighted by Crippen LogP contribution is 2.34. The molecule has 1 saturated heterocycles. The maximum absolute atomic E-state index is 13.4. The summed E-state index contributed by atoms with van der Waals surface area (Å²) >= 11 is 0. The van der Waals surface area contributed by atoms with E-state index in [2.05, 4.69) is 4.98 Å². The van der Waals surface area contributed by atoms with Crippen LogP contribution in [0.25, 0.3) is 10.9 Å². The number of methoxy groups -OCH3 is 2. The molecule has 36 heavy (non-hydrogen) atoms. The second-order valence-electron chi connectivity index (χ2n) is 8.60. The van der Waals surface area contributed by atoms with Gasteiger partial charge < -0.3 is 19.1 Å². The Bertz CT molecular complexity index is 1350. The van der Waals surface area contributed by atoms with Crippen molar-refractivity contribution in [1.29, 1.82) is 0 Å². The second kappa shape index (κ2) is 11.3. The summed E-state index contributed by atoms with van der Waals surface area (Å²) in [4.78, 5) is 19.9. The molecule has 0 saturated carbocycles. The van der Waals surface area contributed by atoms with Crippen LogP contribution in [0, 0.1) is 0 Å². The predicted octanol–water partition coefficient (Wildman–Crippen LogP) is 3.27. The zero-order valence-electron chi connectivity index (χ0n) is 20.7. The second-order valence-corrected chi connectivity index (χ2v) is 10.2. The van der Waals surface area contributed by atoms with E-state index in [1.807, 2.05) is 35.2 Å². The summed E-state index contributed by atoms with van der Waals surface area (Å²) in [7, 11) is -0.397. The van der Waals surface area contributed by atoms with Crippen molar-refractivity contribution in [2.24, 2.45) is 0 Å². The summed E-state index contributed by atoms with van der Waals surface area (Å²) in [5.74, 6) is 1.21. The van der Waals surface area contributed by atoms with Gasteiger partial charge in [0.05, 0.1) is 44.3 Å². The third kappa shape index (κ3) is 6.15. The molecule has 0 aliphatic carbocycles. The molecule has 0 bridgehead atoms. The summed E-state index contributed by atoms with van der Waals surface area (Å²) in [5.41, 5.74) is 2.02. The Kier molecular flexibility index (Phi) is 8.12. The van der Waals surface area contributed by atoms with Crippen molar-refractivity contribution < 1.29 is 26.8 Å². The molecule has 2 heterocycles. The standard InChI is InChI=1S/C25H31N3O7S/c1-32-21-13-20(14-22(16-21)33-2)27(9-4-10-35-36(3,30)31)19-5-6-24-23(15-19)25(29)28(17-26-24)18-7-11-34-12-8-18/h5-6,13-18H,4,7-12H2,1-3H3.